The third kappa shape index (κ3) is 3.38. The van der Waals surface area contributed by atoms with Crippen LogP contribution in [-0.2, 0) is 4.79 Å². The summed E-state index contributed by atoms with van der Waals surface area (Å²) in [5.41, 5.74) is 6.24. The third-order valence-electron chi connectivity index (χ3n) is 3.40. The standard InChI is InChI=1S/C13H18N4O3/c14-8-11(18)16-13(19)12-10(2-1-5-15-12)9-3-6-17(20)7-4-9/h1-2,5,9,20H,3-4,6-8,14H2,(H,16,18,19). The van der Waals surface area contributed by atoms with E-state index < -0.39 is 11.8 Å². The molecule has 20 heavy (non-hydrogen) atoms. The van der Waals surface area contributed by atoms with Crippen molar-refractivity contribution in [2.45, 2.75) is 18.8 Å². The average Bonchev–Trinajstić information content (AvgIpc) is 2.48. The minimum absolute atomic E-state index is 0.154. The van der Waals surface area contributed by atoms with Crippen molar-refractivity contribution in [1.82, 2.24) is 15.4 Å². The molecule has 7 nitrogen and oxygen atoms in total. The van der Waals surface area contributed by atoms with Gasteiger partial charge in [0.2, 0.25) is 5.91 Å². The van der Waals surface area contributed by atoms with Crippen molar-refractivity contribution in [2.75, 3.05) is 19.6 Å². The van der Waals surface area contributed by atoms with Crippen molar-refractivity contribution in [1.29, 1.82) is 0 Å². The molecule has 2 amide bonds. The summed E-state index contributed by atoms with van der Waals surface area (Å²) in [7, 11) is 0. The Kier molecular flexibility index (Phi) is 4.78. The number of hydroxylamine groups is 2. The summed E-state index contributed by atoms with van der Waals surface area (Å²) < 4.78 is 0. The molecule has 1 aromatic rings. The maximum Gasteiger partial charge on any atom is 0.276 e. The molecule has 0 saturated carbocycles. The largest absolute Gasteiger partial charge is 0.322 e. The van der Waals surface area contributed by atoms with Crippen LogP contribution in [0.15, 0.2) is 18.3 Å². The predicted molar refractivity (Wildman–Crippen MR) is 71.1 cm³/mol. The van der Waals surface area contributed by atoms with Crippen molar-refractivity contribution in [3.63, 3.8) is 0 Å². The second-order valence-electron chi connectivity index (χ2n) is 4.75. The fourth-order valence-electron chi connectivity index (χ4n) is 2.35. The summed E-state index contributed by atoms with van der Waals surface area (Å²) >= 11 is 0. The summed E-state index contributed by atoms with van der Waals surface area (Å²) in [5.74, 6) is -0.903. The summed E-state index contributed by atoms with van der Waals surface area (Å²) in [6.07, 6.45) is 3.01. The van der Waals surface area contributed by atoms with E-state index in [1.165, 1.54) is 11.3 Å². The number of rotatable bonds is 3. The second-order valence-corrected chi connectivity index (χ2v) is 4.75. The molecule has 1 aliphatic heterocycles. The Morgan fingerprint density at radius 2 is 2.15 bits per heavy atom. The number of carbonyl (C=O) groups is 2. The fourth-order valence-corrected chi connectivity index (χ4v) is 2.35. The van der Waals surface area contributed by atoms with Gasteiger partial charge in [-0.2, -0.15) is 5.06 Å². The van der Waals surface area contributed by atoms with E-state index in [4.69, 9.17) is 5.73 Å². The summed E-state index contributed by atoms with van der Waals surface area (Å²) in [6, 6.07) is 3.61. The zero-order valence-electron chi connectivity index (χ0n) is 11.1. The van der Waals surface area contributed by atoms with Gasteiger partial charge < -0.3 is 10.9 Å². The highest BCUT2D eigenvalue weighted by Crippen LogP contribution is 2.28. The average molecular weight is 278 g/mol. The lowest BCUT2D eigenvalue weighted by Gasteiger charge is -2.28. The molecule has 2 rings (SSSR count). The van der Waals surface area contributed by atoms with Gasteiger partial charge >= 0.3 is 0 Å². The van der Waals surface area contributed by atoms with E-state index in [0.717, 1.165) is 18.4 Å². The van der Waals surface area contributed by atoms with Gasteiger partial charge in [0.15, 0.2) is 0 Å². The lowest BCUT2D eigenvalue weighted by Crippen LogP contribution is -2.37. The number of piperidine rings is 1. The molecule has 2 heterocycles. The van der Waals surface area contributed by atoms with Gasteiger partial charge in [-0.3, -0.25) is 19.9 Å². The smallest absolute Gasteiger partial charge is 0.276 e. The number of aromatic nitrogens is 1. The van der Waals surface area contributed by atoms with Gasteiger partial charge in [0.1, 0.15) is 5.69 Å². The molecule has 0 spiro atoms. The van der Waals surface area contributed by atoms with E-state index in [1.807, 2.05) is 6.07 Å². The Hall–Kier alpha value is -1.83. The molecular weight excluding hydrogens is 260 g/mol. The monoisotopic (exact) mass is 278 g/mol. The van der Waals surface area contributed by atoms with Crippen LogP contribution < -0.4 is 11.1 Å². The van der Waals surface area contributed by atoms with Crippen LogP contribution in [0.4, 0.5) is 0 Å². The Balaban J connectivity index is 2.17. The highest BCUT2D eigenvalue weighted by atomic mass is 16.5. The molecule has 1 aliphatic rings. The molecule has 1 saturated heterocycles. The molecule has 1 fully saturated rings. The number of carbonyl (C=O) groups excluding carboxylic acids is 2. The number of imide groups is 1. The molecule has 0 bridgehead atoms. The SMILES string of the molecule is NCC(=O)NC(=O)c1ncccc1C1CCN(O)CC1. The zero-order valence-corrected chi connectivity index (χ0v) is 11.1. The quantitative estimate of drug-likeness (QED) is 0.710. The molecule has 0 atom stereocenters. The minimum atomic E-state index is -0.531. The van der Waals surface area contributed by atoms with Crippen LogP contribution in [0.2, 0.25) is 0 Å². The van der Waals surface area contributed by atoms with Gasteiger partial charge in [-0.25, -0.2) is 0 Å². The lowest BCUT2D eigenvalue weighted by atomic mass is 9.89. The fraction of sp³-hybridized carbons (Fsp3) is 0.462. The molecule has 0 unspecified atom stereocenters. The first-order valence-corrected chi connectivity index (χ1v) is 6.54. The first kappa shape index (κ1) is 14.6. The third-order valence-corrected chi connectivity index (χ3v) is 3.40. The molecule has 7 heteroatoms. The zero-order chi connectivity index (χ0) is 14.5. The van der Waals surface area contributed by atoms with E-state index in [-0.39, 0.29) is 18.2 Å². The van der Waals surface area contributed by atoms with Crippen LogP contribution in [0.3, 0.4) is 0 Å². The Labute approximate surface area is 116 Å². The maximum atomic E-state index is 12.0. The highest BCUT2D eigenvalue weighted by molar-refractivity contribution is 6.04. The van der Waals surface area contributed by atoms with Crippen molar-refractivity contribution in [2.24, 2.45) is 5.73 Å². The Bertz CT molecular complexity index is 498. The van der Waals surface area contributed by atoms with Crippen molar-refractivity contribution < 1.29 is 14.8 Å². The van der Waals surface area contributed by atoms with Crippen LogP contribution in [0.1, 0.15) is 34.8 Å². The van der Waals surface area contributed by atoms with Gasteiger partial charge in [-0.1, -0.05) is 6.07 Å². The number of nitrogens with one attached hydrogen (secondary N) is 1. The topological polar surface area (TPSA) is 109 Å². The van der Waals surface area contributed by atoms with Crippen molar-refractivity contribution in [3.8, 4) is 0 Å². The Morgan fingerprint density at radius 3 is 2.80 bits per heavy atom. The number of amides is 2. The first-order valence-electron chi connectivity index (χ1n) is 6.54. The molecule has 0 aliphatic carbocycles. The molecule has 1 aromatic heterocycles. The maximum absolute atomic E-state index is 12.0. The molecule has 0 aromatic carbocycles. The minimum Gasteiger partial charge on any atom is -0.322 e. The number of nitrogens with zero attached hydrogens (tertiary/aromatic N) is 2. The van der Waals surface area contributed by atoms with Gasteiger partial charge in [0, 0.05) is 19.3 Å². The van der Waals surface area contributed by atoms with Crippen LogP contribution in [0, 0.1) is 0 Å². The second kappa shape index (κ2) is 6.56. The van der Waals surface area contributed by atoms with E-state index in [1.54, 1.807) is 6.07 Å². The van der Waals surface area contributed by atoms with Gasteiger partial charge in [-0.05, 0) is 30.4 Å². The van der Waals surface area contributed by atoms with Crippen LogP contribution in [0.5, 0.6) is 0 Å². The number of pyridine rings is 1. The molecule has 4 N–H and O–H groups in total. The first-order chi connectivity index (χ1) is 9.61. The highest BCUT2D eigenvalue weighted by Gasteiger charge is 2.25. The predicted octanol–water partition coefficient (Wildman–Crippen LogP) is -0.135. The number of nitrogens with two attached hydrogens (primary N) is 1. The normalized spacial score (nSPS) is 16.9. The van der Waals surface area contributed by atoms with E-state index in [9.17, 15) is 14.8 Å². The van der Waals surface area contributed by atoms with Crippen LogP contribution >= 0.6 is 0 Å². The van der Waals surface area contributed by atoms with E-state index >= 15 is 0 Å². The number of hydrogen-bond donors (Lipinski definition) is 3. The molecular formula is C13H18N4O3. The summed E-state index contributed by atoms with van der Waals surface area (Å²) in [6.45, 7) is 0.876. The van der Waals surface area contributed by atoms with E-state index in [2.05, 4.69) is 10.3 Å². The van der Waals surface area contributed by atoms with E-state index in [0.29, 0.717) is 13.1 Å². The van der Waals surface area contributed by atoms with Gasteiger partial charge in [-0.15, -0.1) is 0 Å². The van der Waals surface area contributed by atoms with Gasteiger partial charge in [0.25, 0.3) is 5.91 Å². The van der Waals surface area contributed by atoms with Crippen molar-refractivity contribution >= 4 is 11.8 Å². The summed E-state index contributed by atoms with van der Waals surface area (Å²) in [5, 5.41) is 12.9. The van der Waals surface area contributed by atoms with Crippen LogP contribution in [-0.4, -0.2) is 46.7 Å². The Morgan fingerprint density at radius 1 is 1.45 bits per heavy atom. The van der Waals surface area contributed by atoms with Crippen LogP contribution in [0.25, 0.3) is 0 Å². The molecule has 108 valence electrons. The van der Waals surface area contributed by atoms with Crippen molar-refractivity contribution in [3.05, 3.63) is 29.6 Å². The molecule has 0 radical (unpaired) electrons. The lowest BCUT2D eigenvalue weighted by molar-refractivity contribution is -0.118. The number of hydrogen-bond acceptors (Lipinski definition) is 6. The van der Waals surface area contributed by atoms with Gasteiger partial charge in [0.05, 0.1) is 6.54 Å². The summed E-state index contributed by atoms with van der Waals surface area (Å²) in [4.78, 5) is 27.3.